The minimum atomic E-state index is -4.39. The Morgan fingerprint density at radius 2 is 1.97 bits per heavy atom. The summed E-state index contributed by atoms with van der Waals surface area (Å²) in [5, 5.41) is 27.6. The van der Waals surface area contributed by atoms with Gasteiger partial charge in [0.25, 0.3) is 5.91 Å². The molecule has 0 atom stereocenters. The highest BCUT2D eigenvalue weighted by Gasteiger charge is 2.47. The largest absolute Gasteiger partial charge is 0.394 e. The summed E-state index contributed by atoms with van der Waals surface area (Å²) in [6.07, 6.45) is -1.72. The van der Waals surface area contributed by atoms with Gasteiger partial charge in [-0.25, -0.2) is 0 Å². The number of halogens is 4. The number of carbonyl (C=O) groups is 1. The third kappa shape index (κ3) is 5.87. The second-order valence-electron chi connectivity index (χ2n) is 10.5. The molecule has 1 heterocycles. The van der Waals surface area contributed by atoms with E-state index in [4.69, 9.17) is 11.6 Å². The normalized spacial score (nSPS) is 20.7. The van der Waals surface area contributed by atoms with Gasteiger partial charge in [0.05, 0.1) is 33.4 Å². The van der Waals surface area contributed by atoms with Crippen LogP contribution >= 0.6 is 11.6 Å². The molecule has 1 aliphatic rings. The number of rotatable bonds is 7. The van der Waals surface area contributed by atoms with Crippen LogP contribution in [-0.2, 0) is 13.0 Å². The van der Waals surface area contributed by atoms with Crippen molar-refractivity contribution in [2.45, 2.75) is 78.1 Å². The summed E-state index contributed by atoms with van der Waals surface area (Å²) >= 11 is 6.58. The van der Waals surface area contributed by atoms with E-state index in [1.807, 2.05) is 6.07 Å². The van der Waals surface area contributed by atoms with Crippen molar-refractivity contribution in [3.8, 4) is 17.3 Å². The number of amides is 1. The maximum atomic E-state index is 13.4. The molecule has 1 amide bonds. The molecule has 36 heavy (non-hydrogen) atoms. The van der Waals surface area contributed by atoms with E-state index in [9.17, 15) is 28.3 Å². The zero-order valence-electron chi connectivity index (χ0n) is 21.0. The van der Waals surface area contributed by atoms with Crippen LogP contribution in [0.2, 0.25) is 5.02 Å². The topological polar surface area (TPSA) is 90.9 Å². The summed E-state index contributed by atoms with van der Waals surface area (Å²) in [6.45, 7) is 6.59. The van der Waals surface area contributed by atoms with Gasteiger partial charge in [0.2, 0.25) is 0 Å². The van der Waals surface area contributed by atoms with Crippen molar-refractivity contribution in [1.82, 2.24) is 15.1 Å². The van der Waals surface area contributed by atoms with E-state index in [1.54, 1.807) is 13.0 Å². The Balaban J connectivity index is 1.88. The first-order chi connectivity index (χ1) is 16.7. The first kappa shape index (κ1) is 28.0. The van der Waals surface area contributed by atoms with Gasteiger partial charge in [0, 0.05) is 18.7 Å². The van der Waals surface area contributed by atoms with E-state index in [0.717, 1.165) is 26.7 Å². The zero-order chi connectivity index (χ0) is 26.9. The lowest BCUT2D eigenvalue weighted by Crippen LogP contribution is -2.45. The average molecular weight is 525 g/mol. The predicted octanol–water partition coefficient (Wildman–Crippen LogP) is 5.90. The third-order valence-electron chi connectivity index (χ3n) is 7.07. The quantitative estimate of drug-likeness (QED) is 0.472. The van der Waals surface area contributed by atoms with Gasteiger partial charge < -0.3 is 10.4 Å². The molecule has 2 aromatic rings. The molecule has 10 heteroatoms. The van der Waals surface area contributed by atoms with Gasteiger partial charge in [0.1, 0.15) is 0 Å². The molecule has 2 N–H and O–H groups in total. The number of nitrogens with zero attached hydrogens (tertiary/aromatic N) is 3. The molecule has 1 aromatic heterocycles. The highest BCUT2D eigenvalue weighted by molar-refractivity contribution is 6.36. The van der Waals surface area contributed by atoms with E-state index < -0.39 is 23.1 Å². The van der Waals surface area contributed by atoms with E-state index in [2.05, 4.69) is 17.3 Å². The summed E-state index contributed by atoms with van der Waals surface area (Å²) in [7, 11) is 0. The Labute approximate surface area is 214 Å². The SMILES string of the molecule is CCn1nc(C(=O)NCC2(O)CCC(C)CC2)c(Cl)c1-c1ccc(CC(C)(C)C(F)(F)F)cc1C#N. The molecular formula is C26H32ClF3N4O2. The van der Waals surface area contributed by atoms with Crippen LogP contribution in [0.1, 0.15) is 75.0 Å². The summed E-state index contributed by atoms with van der Waals surface area (Å²) in [4.78, 5) is 12.9. The number of benzene rings is 1. The third-order valence-corrected chi connectivity index (χ3v) is 7.42. The second kappa shape index (κ2) is 10.4. The van der Waals surface area contributed by atoms with Crippen molar-refractivity contribution >= 4 is 17.5 Å². The minimum absolute atomic E-state index is 0.0348. The Kier molecular flexibility index (Phi) is 8.11. The summed E-state index contributed by atoms with van der Waals surface area (Å²) < 4.78 is 41.5. The molecule has 196 valence electrons. The number of alkyl halides is 3. The van der Waals surface area contributed by atoms with Crippen molar-refractivity contribution < 1.29 is 23.1 Å². The molecule has 0 saturated heterocycles. The van der Waals surface area contributed by atoms with Crippen molar-refractivity contribution in [2.75, 3.05) is 6.54 Å². The first-order valence-corrected chi connectivity index (χ1v) is 12.5. The number of hydrogen-bond acceptors (Lipinski definition) is 4. The van der Waals surface area contributed by atoms with Crippen LogP contribution in [0.5, 0.6) is 0 Å². The van der Waals surface area contributed by atoms with E-state index in [-0.39, 0.29) is 29.2 Å². The van der Waals surface area contributed by atoms with Crippen LogP contribution in [0.4, 0.5) is 13.2 Å². The van der Waals surface area contributed by atoms with Crippen molar-refractivity contribution in [2.24, 2.45) is 11.3 Å². The summed E-state index contributed by atoms with van der Waals surface area (Å²) in [6, 6.07) is 6.54. The van der Waals surface area contributed by atoms with Gasteiger partial charge >= 0.3 is 6.18 Å². The number of aliphatic hydroxyl groups is 1. The Hall–Kier alpha value is -2.57. The second-order valence-corrected chi connectivity index (χ2v) is 10.8. The fourth-order valence-electron chi connectivity index (χ4n) is 4.49. The molecule has 1 aromatic carbocycles. The molecule has 1 fully saturated rings. The van der Waals surface area contributed by atoms with Crippen LogP contribution < -0.4 is 5.32 Å². The Bertz CT molecular complexity index is 1160. The summed E-state index contributed by atoms with van der Waals surface area (Å²) in [5.41, 5.74) is -1.75. The molecular weight excluding hydrogens is 493 g/mol. The van der Waals surface area contributed by atoms with Crippen LogP contribution in [0.15, 0.2) is 18.2 Å². The van der Waals surface area contributed by atoms with E-state index >= 15 is 0 Å². The Morgan fingerprint density at radius 1 is 1.33 bits per heavy atom. The first-order valence-electron chi connectivity index (χ1n) is 12.1. The van der Waals surface area contributed by atoms with Gasteiger partial charge in [-0.2, -0.15) is 23.5 Å². The van der Waals surface area contributed by atoms with Crippen molar-refractivity contribution in [3.63, 3.8) is 0 Å². The minimum Gasteiger partial charge on any atom is -0.388 e. The fourth-order valence-corrected chi connectivity index (χ4v) is 4.81. The molecule has 6 nitrogen and oxygen atoms in total. The van der Waals surface area contributed by atoms with Crippen LogP contribution in [0.3, 0.4) is 0 Å². The van der Waals surface area contributed by atoms with Gasteiger partial charge in [-0.1, -0.05) is 44.5 Å². The van der Waals surface area contributed by atoms with Gasteiger partial charge in [-0.05, 0) is 56.6 Å². The zero-order valence-corrected chi connectivity index (χ0v) is 21.7. The molecule has 0 bridgehead atoms. The molecule has 1 aliphatic carbocycles. The van der Waals surface area contributed by atoms with E-state index in [1.165, 1.54) is 16.8 Å². The highest BCUT2D eigenvalue weighted by atomic mass is 35.5. The molecule has 0 aliphatic heterocycles. The Morgan fingerprint density at radius 3 is 2.53 bits per heavy atom. The smallest absolute Gasteiger partial charge is 0.388 e. The number of nitriles is 1. The monoisotopic (exact) mass is 524 g/mol. The number of aromatic nitrogens is 2. The number of carbonyl (C=O) groups excluding carboxylic acids is 1. The number of aryl methyl sites for hydroxylation is 1. The lowest BCUT2D eigenvalue weighted by Gasteiger charge is -2.34. The predicted molar refractivity (Wildman–Crippen MR) is 132 cm³/mol. The molecule has 0 spiro atoms. The molecule has 0 unspecified atom stereocenters. The average Bonchev–Trinajstić information content (AvgIpc) is 3.14. The lowest BCUT2D eigenvalue weighted by atomic mass is 9.79. The summed E-state index contributed by atoms with van der Waals surface area (Å²) in [5.74, 6) is 0.000960. The molecule has 0 radical (unpaired) electrons. The van der Waals surface area contributed by atoms with Crippen molar-refractivity contribution in [1.29, 1.82) is 5.26 Å². The fraction of sp³-hybridized carbons (Fsp3) is 0.577. The van der Waals surface area contributed by atoms with Crippen molar-refractivity contribution in [3.05, 3.63) is 40.0 Å². The van der Waals surface area contributed by atoms with E-state index in [0.29, 0.717) is 42.1 Å². The van der Waals surface area contributed by atoms with Gasteiger partial charge in [-0.3, -0.25) is 9.48 Å². The molecule has 1 saturated carbocycles. The maximum Gasteiger partial charge on any atom is 0.394 e. The number of nitrogens with one attached hydrogen (secondary N) is 1. The highest BCUT2D eigenvalue weighted by Crippen LogP contribution is 2.41. The van der Waals surface area contributed by atoms with Crippen LogP contribution in [0, 0.1) is 22.7 Å². The lowest BCUT2D eigenvalue weighted by molar-refractivity contribution is -0.211. The molecule has 3 rings (SSSR count). The van der Waals surface area contributed by atoms with Gasteiger partial charge in [0.15, 0.2) is 5.69 Å². The maximum absolute atomic E-state index is 13.4. The van der Waals surface area contributed by atoms with Crippen LogP contribution in [-0.4, -0.2) is 39.1 Å². The van der Waals surface area contributed by atoms with Gasteiger partial charge in [-0.15, -0.1) is 0 Å². The standard InChI is InChI=1S/C26H32ClF3N4O2/c1-5-34-22(19-7-6-17(12-18(19)14-31)13-24(3,4)26(28,29)30)20(27)21(33-34)23(35)32-15-25(36)10-8-16(2)9-11-25/h6-7,12,16,36H,5,8-11,13,15H2,1-4H3,(H,32,35). The van der Waals surface area contributed by atoms with Crippen LogP contribution in [0.25, 0.3) is 11.3 Å². The number of hydrogen-bond donors (Lipinski definition) is 2.